The van der Waals surface area contributed by atoms with Crippen LogP contribution in [0.15, 0.2) is 18.2 Å². The summed E-state index contributed by atoms with van der Waals surface area (Å²) < 4.78 is 5.47. The van der Waals surface area contributed by atoms with Gasteiger partial charge in [0.15, 0.2) is 0 Å². The molecule has 0 radical (unpaired) electrons. The molecule has 0 aliphatic rings. The normalized spacial score (nSPS) is 14.8. The first-order chi connectivity index (χ1) is 7.97. The largest absolute Gasteiger partial charge is 0.494 e. The molecule has 0 saturated heterocycles. The Morgan fingerprint density at radius 3 is 2.47 bits per heavy atom. The van der Waals surface area contributed by atoms with Crippen molar-refractivity contribution in [1.29, 1.82) is 0 Å². The summed E-state index contributed by atoms with van der Waals surface area (Å²) in [5, 5.41) is 10.1. The molecule has 1 aromatic carbocycles. The fourth-order valence-electron chi connectivity index (χ4n) is 1.76. The quantitative estimate of drug-likeness (QED) is 0.827. The van der Waals surface area contributed by atoms with Gasteiger partial charge in [0.1, 0.15) is 5.75 Å². The minimum Gasteiger partial charge on any atom is -0.494 e. The van der Waals surface area contributed by atoms with E-state index >= 15 is 0 Å². The average molecular weight is 237 g/mol. The molecule has 0 aliphatic heterocycles. The summed E-state index contributed by atoms with van der Waals surface area (Å²) in [5.74, 6) is 1.11. The summed E-state index contributed by atoms with van der Waals surface area (Å²) >= 11 is 0. The van der Waals surface area contributed by atoms with Crippen LogP contribution in [0, 0.1) is 12.8 Å². The van der Waals surface area contributed by atoms with Gasteiger partial charge in [-0.25, -0.2) is 0 Å². The highest BCUT2D eigenvalue weighted by Gasteiger charge is 2.20. The lowest BCUT2D eigenvalue weighted by Gasteiger charge is -2.23. The molecule has 1 aromatic rings. The van der Waals surface area contributed by atoms with E-state index in [-0.39, 0.29) is 12.0 Å². The van der Waals surface area contributed by atoms with E-state index in [4.69, 9.17) is 10.5 Å². The lowest BCUT2D eigenvalue weighted by molar-refractivity contribution is 0.125. The molecule has 0 bridgehead atoms. The molecule has 3 N–H and O–H groups in total. The number of ether oxygens (including phenoxy) is 1. The highest BCUT2D eigenvalue weighted by Crippen LogP contribution is 2.25. The predicted molar refractivity (Wildman–Crippen MR) is 70.1 cm³/mol. The van der Waals surface area contributed by atoms with Gasteiger partial charge in [-0.15, -0.1) is 0 Å². The highest BCUT2D eigenvalue weighted by atomic mass is 16.5. The van der Waals surface area contributed by atoms with Crippen LogP contribution >= 0.6 is 0 Å². The number of aliphatic hydroxyl groups is 1. The second kappa shape index (κ2) is 6.03. The Bertz CT molecular complexity index is 363. The van der Waals surface area contributed by atoms with Gasteiger partial charge in [-0.05, 0) is 43.0 Å². The van der Waals surface area contributed by atoms with E-state index in [9.17, 15) is 5.11 Å². The smallest absolute Gasteiger partial charge is 0.122 e. The van der Waals surface area contributed by atoms with Gasteiger partial charge in [-0.1, -0.05) is 19.9 Å². The second-order valence-electron chi connectivity index (χ2n) is 4.72. The number of hydrogen-bond donors (Lipinski definition) is 2. The molecule has 17 heavy (non-hydrogen) atoms. The Morgan fingerprint density at radius 1 is 1.35 bits per heavy atom. The molecule has 1 rings (SSSR count). The molecule has 0 amide bonds. The monoisotopic (exact) mass is 237 g/mol. The molecule has 0 spiro atoms. The number of benzene rings is 1. The minimum atomic E-state index is -0.621. The Morgan fingerprint density at radius 2 is 2.00 bits per heavy atom. The molecule has 96 valence electrons. The molecular formula is C14H23NO2. The van der Waals surface area contributed by atoms with Gasteiger partial charge in [-0.2, -0.15) is 0 Å². The van der Waals surface area contributed by atoms with Crippen molar-refractivity contribution < 1.29 is 9.84 Å². The SMILES string of the molecule is CCOc1ccc(C(O)C(N)C(C)C)cc1C. The summed E-state index contributed by atoms with van der Waals surface area (Å²) in [6.45, 7) is 8.60. The van der Waals surface area contributed by atoms with Crippen LogP contribution in [0.1, 0.15) is 38.0 Å². The predicted octanol–water partition coefficient (Wildman–Crippen LogP) is 2.41. The zero-order valence-corrected chi connectivity index (χ0v) is 11.1. The van der Waals surface area contributed by atoms with Crippen LogP contribution in [0.3, 0.4) is 0 Å². The summed E-state index contributed by atoms with van der Waals surface area (Å²) in [6, 6.07) is 5.47. The maximum atomic E-state index is 10.1. The summed E-state index contributed by atoms with van der Waals surface area (Å²) in [4.78, 5) is 0. The van der Waals surface area contributed by atoms with Gasteiger partial charge in [0.05, 0.1) is 12.7 Å². The van der Waals surface area contributed by atoms with Gasteiger partial charge in [0, 0.05) is 6.04 Å². The van der Waals surface area contributed by atoms with Gasteiger partial charge in [0.25, 0.3) is 0 Å². The van der Waals surface area contributed by atoms with Crippen molar-refractivity contribution in [2.45, 2.75) is 39.8 Å². The zero-order chi connectivity index (χ0) is 13.0. The minimum absolute atomic E-state index is 0.243. The lowest BCUT2D eigenvalue weighted by atomic mass is 9.93. The van der Waals surface area contributed by atoms with Crippen LogP contribution in [0.2, 0.25) is 0 Å². The van der Waals surface area contributed by atoms with Crippen molar-refractivity contribution in [2.75, 3.05) is 6.61 Å². The number of hydrogen-bond acceptors (Lipinski definition) is 3. The van der Waals surface area contributed by atoms with E-state index in [0.29, 0.717) is 6.61 Å². The van der Waals surface area contributed by atoms with Crippen LogP contribution < -0.4 is 10.5 Å². The second-order valence-corrected chi connectivity index (χ2v) is 4.72. The maximum Gasteiger partial charge on any atom is 0.122 e. The number of aryl methyl sites for hydroxylation is 1. The first-order valence-electron chi connectivity index (χ1n) is 6.14. The summed E-state index contributed by atoms with van der Waals surface area (Å²) in [7, 11) is 0. The third kappa shape index (κ3) is 3.45. The molecular weight excluding hydrogens is 214 g/mol. The van der Waals surface area contributed by atoms with E-state index in [1.54, 1.807) is 0 Å². The van der Waals surface area contributed by atoms with Crippen LogP contribution in [-0.2, 0) is 0 Å². The van der Waals surface area contributed by atoms with Gasteiger partial charge >= 0.3 is 0 Å². The van der Waals surface area contributed by atoms with Crippen molar-refractivity contribution in [3.63, 3.8) is 0 Å². The Kier molecular flexibility index (Phi) is 4.97. The van der Waals surface area contributed by atoms with Gasteiger partial charge < -0.3 is 15.6 Å². The molecule has 0 saturated carbocycles. The van der Waals surface area contributed by atoms with Crippen molar-refractivity contribution in [3.8, 4) is 5.75 Å². The van der Waals surface area contributed by atoms with Crippen molar-refractivity contribution >= 4 is 0 Å². The van der Waals surface area contributed by atoms with Crippen molar-refractivity contribution in [1.82, 2.24) is 0 Å². The Hall–Kier alpha value is -1.06. The molecule has 3 heteroatoms. The van der Waals surface area contributed by atoms with E-state index in [1.807, 2.05) is 45.9 Å². The van der Waals surface area contributed by atoms with Crippen LogP contribution in [0.5, 0.6) is 5.75 Å². The first-order valence-corrected chi connectivity index (χ1v) is 6.14. The van der Waals surface area contributed by atoms with E-state index in [0.717, 1.165) is 16.9 Å². The number of nitrogens with two attached hydrogens (primary N) is 1. The zero-order valence-electron chi connectivity index (χ0n) is 11.1. The van der Waals surface area contributed by atoms with Crippen LogP contribution in [0.4, 0.5) is 0 Å². The van der Waals surface area contributed by atoms with E-state index < -0.39 is 6.10 Å². The lowest BCUT2D eigenvalue weighted by Crippen LogP contribution is -2.33. The fraction of sp³-hybridized carbons (Fsp3) is 0.571. The van der Waals surface area contributed by atoms with Crippen molar-refractivity contribution in [2.24, 2.45) is 11.7 Å². The van der Waals surface area contributed by atoms with Crippen LogP contribution in [-0.4, -0.2) is 17.8 Å². The molecule has 2 unspecified atom stereocenters. The fourth-order valence-corrected chi connectivity index (χ4v) is 1.76. The van der Waals surface area contributed by atoms with Crippen molar-refractivity contribution in [3.05, 3.63) is 29.3 Å². The molecule has 0 heterocycles. The Balaban J connectivity index is 2.89. The summed E-state index contributed by atoms with van der Waals surface area (Å²) in [5.41, 5.74) is 7.84. The summed E-state index contributed by atoms with van der Waals surface area (Å²) in [6.07, 6.45) is -0.621. The average Bonchev–Trinajstić information content (AvgIpc) is 2.30. The molecule has 2 atom stereocenters. The van der Waals surface area contributed by atoms with E-state index in [2.05, 4.69) is 0 Å². The topological polar surface area (TPSA) is 55.5 Å². The third-order valence-corrected chi connectivity index (χ3v) is 2.97. The molecule has 0 aliphatic carbocycles. The van der Waals surface area contributed by atoms with Crippen LogP contribution in [0.25, 0.3) is 0 Å². The van der Waals surface area contributed by atoms with Gasteiger partial charge in [0.2, 0.25) is 0 Å². The van der Waals surface area contributed by atoms with Gasteiger partial charge in [-0.3, -0.25) is 0 Å². The maximum absolute atomic E-state index is 10.1. The third-order valence-electron chi connectivity index (χ3n) is 2.97. The highest BCUT2D eigenvalue weighted by molar-refractivity contribution is 5.37. The Labute approximate surface area is 104 Å². The molecule has 3 nitrogen and oxygen atoms in total. The van der Waals surface area contributed by atoms with E-state index in [1.165, 1.54) is 0 Å². The molecule has 0 aromatic heterocycles. The standard InChI is InChI=1S/C14H23NO2/c1-5-17-12-7-6-11(8-10(12)4)14(16)13(15)9(2)3/h6-9,13-14,16H,5,15H2,1-4H3. The first kappa shape index (κ1) is 14.0. The molecule has 0 fully saturated rings. The number of aliphatic hydroxyl groups excluding tert-OH is 1. The number of rotatable bonds is 5.